The van der Waals surface area contributed by atoms with E-state index >= 15 is 0 Å². The molecule has 0 radical (unpaired) electrons. The summed E-state index contributed by atoms with van der Waals surface area (Å²) in [5, 5.41) is 22.3. The molecule has 1 rings (SSSR count). The van der Waals surface area contributed by atoms with E-state index in [0.29, 0.717) is 18.7 Å². The Kier molecular flexibility index (Phi) is 5.15. The molecular formula is C13H18BrN3O. The van der Waals surface area contributed by atoms with Crippen molar-refractivity contribution >= 4 is 21.6 Å². The van der Waals surface area contributed by atoms with Crippen molar-refractivity contribution in [3.05, 3.63) is 28.2 Å². The summed E-state index contributed by atoms with van der Waals surface area (Å²) in [7, 11) is 3.82. The van der Waals surface area contributed by atoms with Crippen LogP contribution in [0, 0.1) is 11.3 Å². The number of rotatable bonds is 5. The van der Waals surface area contributed by atoms with Gasteiger partial charge in [-0.2, -0.15) is 5.26 Å². The number of likely N-dealkylation sites (N-methyl/N-ethyl adjacent to an activating group) is 1. The van der Waals surface area contributed by atoms with E-state index in [2.05, 4.69) is 27.3 Å². The number of halogens is 1. The molecule has 0 amide bonds. The van der Waals surface area contributed by atoms with Gasteiger partial charge in [0.15, 0.2) is 0 Å². The molecule has 0 aliphatic carbocycles. The number of aliphatic hydroxyl groups is 1. The third-order valence-electron chi connectivity index (χ3n) is 2.42. The lowest BCUT2D eigenvalue weighted by Crippen LogP contribution is -2.43. The summed E-state index contributed by atoms with van der Waals surface area (Å²) in [6.45, 7) is 2.70. The predicted octanol–water partition coefficient (Wildman–Crippen LogP) is 2.05. The van der Waals surface area contributed by atoms with Gasteiger partial charge >= 0.3 is 0 Å². The molecule has 1 aromatic rings. The van der Waals surface area contributed by atoms with Gasteiger partial charge in [-0.05, 0) is 39.2 Å². The number of nitriles is 1. The SMILES string of the molecule is CN(C)CC(C)(O)CNc1cc(Br)ccc1C#N. The van der Waals surface area contributed by atoms with E-state index in [1.165, 1.54) is 0 Å². The lowest BCUT2D eigenvalue weighted by molar-refractivity contribution is 0.0460. The lowest BCUT2D eigenvalue weighted by atomic mass is 10.1. The van der Waals surface area contributed by atoms with Crippen LogP contribution in [0.3, 0.4) is 0 Å². The van der Waals surface area contributed by atoms with Gasteiger partial charge in [-0.3, -0.25) is 0 Å². The standard InChI is InChI=1S/C13H18BrN3O/c1-13(18,9-17(2)3)8-16-12-6-11(14)5-4-10(12)7-15/h4-6,16,18H,8-9H2,1-3H3. The van der Waals surface area contributed by atoms with E-state index in [1.807, 2.05) is 31.1 Å². The van der Waals surface area contributed by atoms with Gasteiger partial charge in [0, 0.05) is 17.6 Å². The van der Waals surface area contributed by atoms with E-state index < -0.39 is 5.60 Å². The number of hydrogen-bond donors (Lipinski definition) is 2. The van der Waals surface area contributed by atoms with E-state index in [0.717, 1.165) is 10.2 Å². The van der Waals surface area contributed by atoms with Crippen molar-refractivity contribution in [1.29, 1.82) is 5.26 Å². The number of benzene rings is 1. The van der Waals surface area contributed by atoms with Crippen molar-refractivity contribution in [3.63, 3.8) is 0 Å². The third-order valence-corrected chi connectivity index (χ3v) is 2.91. The second kappa shape index (κ2) is 6.19. The van der Waals surface area contributed by atoms with Crippen LogP contribution in [0.15, 0.2) is 22.7 Å². The Balaban J connectivity index is 2.74. The maximum Gasteiger partial charge on any atom is 0.101 e. The van der Waals surface area contributed by atoms with E-state index in [-0.39, 0.29) is 0 Å². The molecule has 0 heterocycles. The minimum absolute atomic E-state index is 0.385. The maximum atomic E-state index is 10.2. The first kappa shape index (κ1) is 15.0. The molecule has 0 spiro atoms. The molecule has 98 valence electrons. The number of hydrogen-bond acceptors (Lipinski definition) is 4. The first-order valence-electron chi connectivity index (χ1n) is 5.65. The molecule has 0 saturated heterocycles. The van der Waals surface area contributed by atoms with Crippen molar-refractivity contribution in [3.8, 4) is 6.07 Å². The zero-order valence-corrected chi connectivity index (χ0v) is 12.5. The quantitative estimate of drug-likeness (QED) is 0.873. The molecule has 18 heavy (non-hydrogen) atoms. The number of nitrogens with zero attached hydrogens (tertiary/aromatic N) is 2. The van der Waals surface area contributed by atoms with Crippen molar-refractivity contribution in [2.45, 2.75) is 12.5 Å². The van der Waals surface area contributed by atoms with Gasteiger partial charge in [0.2, 0.25) is 0 Å². The van der Waals surface area contributed by atoms with Crippen LogP contribution < -0.4 is 5.32 Å². The monoisotopic (exact) mass is 311 g/mol. The molecule has 1 unspecified atom stereocenters. The van der Waals surface area contributed by atoms with Crippen molar-refractivity contribution in [2.24, 2.45) is 0 Å². The fraction of sp³-hybridized carbons (Fsp3) is 0.462. The van der Waals surface area contributed by atoms with Gasteiger partial charge < -0.3 is 15.3 Å². The van der Waals surface area contributed by atoms with Gasteiger partial charge in [0.1, 0.15) is 6.07 Å². The average molecular weight is 312 g/mol. The van der Waals surface area contributed by atoms with Crippen molar-refractivity contribution < 1.29 is 5.11 Å². The second-order valence-corrected chi connectivity index (χ2v) is 5.81. The highest BCUT2D eigenvalue weighted by molar-refractivity contribution is 9.10. The number of nitrogens with one attached hydrogen (secondary N) is 1. The Morgan fingerprint density at radius 2 is 2.17 bits per heavy atom. The Morgan fingerprint density at radius 3 is 2.72 bits per heavy atom. The molecule has 0 aliphatic rings. The molecule has 4 nitrogen and oxygen atoms in total. The van der Waals surface area contributed by atoms with E-state index in [9.17, 15) is 5.11 Å². The van der Waals surface area contributed by atoms with Crippen molar-refractivity contribution in [2.75, 3.05) is 32.5 Å². The summed E-state index contributed by atoms with van der Waals surface area (Å²) in [5.74, 6) is 0. The topological polar surface area (TPSA) is 59.3 Å². The minimum atomic E-state index is -0.849. The largest absolute Gasteiger partial charge is 0.387 e. The molecule has 2 N–H and O–H groups in total. The summed E-state index contributed by atoms with van der Waals surface area (Å²) < 4.78 is 0.899. The van der Waals surface area contributed by atoms with Gasteiger partial charge in [-0.1, -0.05) is 15.9 Å². The van der Waals surface area contributed by atoms with Crippen LogP contribution in [0.2, 0.25) is 0 Å². The zero-order valence-electron chi connectivity index (χ0n) is 10.9. The molecule has 5 heteroatoms. The van der Waals surface area contributed by atoms with Crippen LogP contribution in [-0.4, -0.2) is 42.8 Å². The van der Waals surface area contributed by atoms with Gasteiger partial charge in [0.05, 0.1) is 16.9 Å². The molecule has 0 aromatic heterocycles. The predicted molar refractivity (Wildman–Crippen MR) is 76.5 cm³/mol. The summed E-state index contributed by atoms with van der Waals surface area (Å²) in [4.78, 5) is 1.92. The minimum Gasteiger partial charge on any atom is -0.387 e. The van der Waals surface area contributed by atoms with Crippen molar-refractivity contribution in [1.82, 2.24) is 4.90 Å². The summed E-state index contributed by atoms with van der Waals surface area (Å²) in [6, 6.07) is 7.53. The van der Waals surface area contributed by atoms with Gasteiger partial charge in [-0.25, -0.2) is 0 Å². The Morgan fingerprint density at radius 1 is 1.50 bits per heavy atom. The maximum absolute atomic E-state index is 10.2. The fourth-order valence-electron chi connectivity index (χ4n) is 1.78. The molecule has 1 atom stereocenters. The normalized spacial score (nSPS) is 14.1. The summed E-state index contributed by atoms with van der Waals surface area (Å²) in [6.07, 6.45) is 0. The van der Waals surface area contributed by atoms with Crippen LogP contribution in [0.1, 0.15) is 12.5 Å². The smallest absolute Gasteiger partial charge is 0.101 e. The van der Waals surface area contributed by atoms with Crippen LogP contribution in [0.4, 0.5) is 5.69 Å². The lowest BCUT2D eigenvalue weighted by Gasteiger charge is -2.27. The fourth-order valence-corrected chi connectivity index (χ4v) is 2.14. The molecule has 1 aromatic carbocycles. The second-order valence-electron chi connectivity index (χ2n) is 4.89. The van der Waals surface area contributed by atoms with Gasteiger partial charge in [-0.15, -0.1) is 0 Å². The Bertz CT molecular complexity index is 452. The zero-order chi connectivity index (χ0) is 13.8. The first-order chi connectivity index (χ1) is 8.34. The Hall–Kier alpha value is -1.09. The molecule has 0 fully saturated rings. The Labute approximate surface area is 116 Å². The highest BCUT2D eigenvalue weighted by Crippen LogP contribution is 2.21. The highest BCUT2D eigenvalue weighted by atomic mass is 79.9. The molecular weight excluding hydrogens is 294 g/mol. The molecule has 0 bridgehead atoms. The highest BCUT2D eigenvalue weighted by Gasteiger charge is 2.21. The average Bonchev–Trinajstić information content (AvgIpc) is 2.25. The van der Waals surface area contributed by atoms with Crippen LogP contribution >= 0.6 is 15.9 Å². The molecule has 0 aliphatic heterocycles. The van der Waals surface area contributed by atoms with E-state index in [4.69, 9.17) is 5.26 Å². The van der Waals surface area contributed by atoms with Crippen LogP contribution in [-0.2, 0) is 0 Å². The summed E-state index contributed by atoms with van der Waals surface area (Å²) >= 11 is 3.37. The van der Waals surface area contributed by atoms with Crippen LogP contribution in [0.25, 0.3) is 0 Å². The summed E-state index contributed by atoms with van der Waals surface area (Å²) in [5.41, 5.74) is 0.447. The van der Waals surface area contributed by atoms with Gasteiger partial charge in [0.25, 0.3) is 0 Å². The number of anilines is 1. The van der Waals surface area contributed by atoms with E-state index in [1.54, 1.807) is 13.0 Å². The molecule has 0 saturated carbocycles. The first-order valence-corrected chi connectivity index (χ1v) is 6.44. The third kappa shape index (κ3) is 4.65. The van der Waals surface area contributed by atoms with Crippen LogP contribution in [0.5, 0.6) is 0 Å².